The van der Waals surface area contributed by atoms with Crippen molar-refractivity contribution < 1.29 is 19.1 Å². The van der Waals surface area contributed by atoms with Gasteiger partial charge in [-0.25, -0.2) is 4.79 Å². The van der Waals surface area contributed by atoms with E-state index in [1.54, 1.807) is 13.2 Å². The number of Topliss-reactive ketones (excluding diaryl/α,β-unsaturated/α-hetero) is 1. The van der Waals surface area contributed by atoms with Crippen LogP contribution in [0, 0.1) is 0 Å². The minimum absolute atomic E-state index is 0.0231. The molecule has 0 fully saturated rings. The average molecular weight is 421 g/mol. The van der Waals surface area contributed by atoms with Crippen LogP contribution >= 0.6 is 15.9 Å². The lowest BCUT2D eigenvalue weighted by atomic mass is 10.1. The first-order valence-electron chi connectivity index (χ1n) is 8.05. The van der Waals surface area contributed by atoms with E-state index in [9.17, 15) is 9.59 Å². The van der Waals surface area contributed by atoms with Gasteiger partial charge in [0.2, 0.25) is 0 Å². The Morgan fingerprint density at radius 3 is 2.42 bits per heavy atom. The SMILES string of the molecule is COc1ccc(CN(CCOC(N)=O)CC(=O)c2ccccc2Br)cc1. The molecular weight excluding hydrogens is 400 g/mol. The van der Waals surface area contributed by atoms with Crippen LogP contribution in [0.25, 0.3) is 0 Å². The number of ketones is 1. The number of halogens is 1. The molecule has 0 aliphatic heterocycles. The molecule has 2 aromatic rings. The third-order valence-electron chi connectivity index (χ3n) is 3.76. The first kappa shape index (κ1) is 19.9. The maximum absolute atomic E-state index is 12.6. The molecule has 0 bridgehead atoms. The zero-order valence-corrected chi connectivity index (χ0v) is 16.1. The minimum atomic E-state index is -0.827. The lowest BCUT2D eigenvalue weighted by Gasteiger charge is -2.22. The number of amides is 1. The number of hydrogen-bond donors (Lipinski definition) is 1. The second-order valence-corrected chi connectivity index (χ2v) is 6.48. The Labute approximate surface area is 161 Å². The fourth-order valence-corrected chi connectivity index (χ4v) is 2.96. The molecule has 0 unspecified atom stereocenters. The molecule has 0 radical (unpaired) electrons. The van der Waals surface area contributed by atoms with E-state index in [2.05, 4.69) is 15.9 Å². The molecule has 7 heteroatoms. The summed E-state index contributed by atoms with van der Waals surface area (Å²) in [5.74, 6) is 0.742. The fraction of sp³-hybridized carbons (Fsp3) is 0.263. The van der Waals surface area contributed by atoms with Gasteiger partial charge in [0.1, 0.15) is 12.4 Å². The lowest BCUT2D eigenvalue weighted by Crippen LogP contribution is -2.33. The first-order valence-corrected chi connectivity index (χ1v) is 8.84. The second-order valence-electron chi connectivity index (χ2n) is 5.63. The second kappa shape index (κ2) is 9.94. The Balaban J connectivity index is 2.07. The number of nitrogens with two attached hydrogens (primary N) is 1. The zero-order valence-electron chi connectivity index (χ0n) is 14.5. The van der Waals surface area contributed by atoms with Gasteiger partial charge in [-0.05, 0) is 23.8 Å². The van der Waals surface area contributed by atoms with Crippen molar-refractivity contribution in [2.75, 3.05) is 26.8 Å². The van der Waals surface area contributed by atoms with Crippen molar-refractivity contribution in [3.63, 3.8) is 0 Å². The van der Waals surface area contributed by atoms with Crippen molar-refractivity contribution >= 4 is 27.8 Å². The van der Waals surface area contributed by atoms with Crippen molar-refractivity contribution in [3.05, 3.63) is 64.1 Å². The number of benzene rings is 2. The monoisotopic (exact) mass is 420 g/mol. The van der Waals surface area contributed by atoms with Crippen LogP contribution in [0.15, 0.2) is 53.0 Å². The molecule has 1 amide bonds. The summed E-state index contributed by atoms with van der Waals surface area (Å²) in [7, 11) is 1.61. The summed E-state index contributed by atoms with van der Waals surface area (Å²) >= 11 is 3.40. The number of rotatable bonds is 9. The van der Waals surface area contributed by atoms with Crippen LogP contribution in [0.1, 0.15) is 15.9 Å². The summed E-state index contributed by atoms with van der Waals surface area (Å²) in [6.45, 7) is 1.24. The molecular formula is C19H21BrN2O4. The lowest BCUT2D eigenvalue weighted by molar-refractivity contribution is 0.0894. The van der Waals surface area contributed by atoms with E-state index < -0.39 is 6.09 Å². The highest BCUT2D eigenvalue weighted by Crippen LogP contribution is 2.18. The van der Waals surface area contributed by atoms with Gasteiger partial charge in [-0.3, -0.25) is 9.69 Å². The number of primary amides is 1. The van der Waals surface area contributed by atoms with E-state index in [-0.39, 0.29) is 18.9 Å². The molecule has 0 aliphatic rings. The molecule has 0 aliphatic carbocycles. The van der Waals surface area contributed by atoms with Crippen molar-refractivity contribution in [3.8, 4) is 5.75 Å². The summed E-state index contributed by atoms with van der Waals surface area (Å²) < 4.78 is 10.7. The molecule has 0 heterocycles. The largest absolute Gasteiger partial charge is 0.497 e. The molecule has 6 nitrogen and oxygen atoms in total. The normalized spacial score (nSPS) is 10.6. The topological polar surface area (TPSA) is 81.9 Å². The van der Waals surface area contributed by atoms with Crippen molar-refractivity contribution in [2.24, 2.45) is 5.73 Å². The maximum Gasteiger partial charge on any atom is 0.404 e. The summed E-state index contributed by atoms with van der Waals surface area (Å²) in [4.78, 5) is 25.3. The number of nitrogens with zero attached hydrogens (tertiary/aromatic N) is 1. The summed E-state index contributed by atoms with van der Waals surface area (Å²) in [6, 6.07) is 14.9. The Hall–Kier alpha value is -2.38. The van der Waals surface area contributed by atoms with Crippen LogP contribution in [-0.4, -0.2) is 43.6 Å². The average Bonchev–Trinajstić information content (AvgIpc) is 2.62. The van der Waals surface area contributed by atoms with E-state index in [1.165, 1.54) is 0 Å². The molecule has 0 saturated heterocycles. The van der Waals surface area contributed by atoms with Crippen LogP contribution in [0.2, 0.25) is 0 Å². The molecule has 2 rings (SSSR count). The number of methoxy groups -OCH3 is 1. The highest BCUT2D eigenvalue weighted by molar-refractivity contribution is 9.10. The predicted octanol–water partition coefficient (Wildman–Crippen LogP) is 3.24. The molecule has 0 atom stereocenters. The van der Waals surface area contributed by atoms with E-state index in [1.807, 2.05) is 47.4 Å². The van der Waals surface area contributed by atoms with E-state index >= 15 is 0 Å². The fourth-order valence-electron chi connectivity index (χ4n) is 2.45. The Kier molecular flexibility index (Phi) is 7.62. The van der Waals surface area contributed by atoms with Crippen molar-refractivity contribution in [1.82, 2.24) is 4.90 Å². The van der Waals surface area contributed by atoms with Gasteiger partial charge < -0.3 is 15.2 Å². The van der Waals surface area contributed by atoms with Gasteiger partial charge in [0.15, 0.2) is 5.78 Å². The van der Waals surface area contributed by atoms with Crippen molar-refractivity contribution in [2.45, 2.75) is 6.54 Å². The van der Waals surface area contributed by atoms with Gasteiger partial charge in [0.05, 0.1) is 13.7 Å². The number of ether oxygens (including phenoxy) is 2. The highest BCUT2D eigenvalue weighted by Gasteiger charge is 2.15. The molecule has 2 N–H and O–H groups in total. The van der Waals surface area contributed by atoms with Gasteiger partial charge in [0, 0.05) is 23.1 Å². The molecule has 0 saturated carbocycles. The predicted molar refractivity (Wildman–Crippen MR) is 102 cm³/mol. The van der Waals surface area contributed by atoms with Crippen LogP contribution in [0.3, 0.4) is 0 Å². The van der Waals surface area contributed by atoms with Crippen molar-refractivity contribution in [1.29, 1.82) is 0 Å². The van der Waals surface area contributed by atoms with Gasteiger partial charge in [0.25, 0.3) is 0 Å². The standard InChI is InChI=1S/C19H21BrN2O4/c1-25-15-8-6-14(7-9-15)12-22(10-11-26-19(21)24)13-18(23)16-4-2-3-5-17(16)20/h2-9H,10-13H2,1H3,(H2,21,24). The number of carbonyl (C=O) groups is 2. The molecule has 2 aromatic carbocycles. The Morgan fingerprint density at radius 2 is 1.81 bits per heavy atom. The summed E-state index contributed by atoms with van der Waals surface area (Å²) in [5.41, 5.74) is 6.64. The first-order chi connectivity index (χ1) is 12.5. The molecule has 0 spiro atoms. The van der Waals surface area contributed by atoms with Crippen LogP contribution in [-0.2, 0) is 11.3 Å². The minimum Gasteiger partial charge on any atom is -0.497 e. The van der Waals surface area contributed by atoms with Crippen LogP contribution in [0.5, 0.6) is 5.75 Å². The Bertz CT molecular complexity index is 749. The third-order valence-corrected chi connectivity index (χ3v) is 4.45. The van der Waals surface area contributed by atoms with Crippen LogP contribution in [0.4, 0.5) is 4.79 Å². The van der Waals surface area contributed by atoms with E-state index in [0.29, 0.717) is 18.7 Å². The van der Waals surface area contributed by atoms with Crippen LogP contribution < -0.4 is 10.5 Å². The number of carbonyl (C=O) groups excluding carboxylic acids is 2. The molecule has 0 aromatic heterocycles. The summed E-state index contributed by atoms with van der Waals surface area (Å²) in [6.07, 6.45) is -0.827. The van der Waals surface area contributed by atoms with Gasteiger partial charge >= 0.3 is 6.09 Å². The maximum atomic E-state index is 12.6. The van der Waals surface area contributed by atoms with Gasteiger partial charge in [-0.15, -0.1) is 0 Å². The number of hydrogen-bond acceptors (Lipinski definition) is 5. The molecule has 26 heavy (non-hydrogen) atoms. The van der Waals surface area contributed by atoms with E-state index in [4.69, 9.17) is 15.2 Å². The Morgan fingerprint density at radius 1 is 1.12 bits per heavy atom. The van der Waals surface area contributed by atoms with Gasteiger partial charge in [-0.1, -0.05) is 46.3 Å². The molecule has 138 valence electrons. The third kappa shape index (κ3) is 6.16. The highest BCUT2D eigenvalue weighted by atomic mass is 79.9. The summed E-state index contributed by atoms with van der Waals surface area (Å²) in [5, 5.41) is 0. The quantitative estimate of drug-likeness (QED) is 0.629. The van der Waals surface area contributed by atoms with E-state index in [0.717, 1.165) is 15.8 Å². The zero-order chi connectivity index (χ0) is 18.9. The smallest absolute Gasteiger partial charge is 0.404 e. The van der Waals surface area contributed by atoms with Gasteiger partial charge in [-0.2, -0.15) is 0 Å².